The highest BCUT2D eigenvalue weighted by Crippen LogP contribution is 2.42. The minimum atomic E-state index is -0.172. The molecule has 5 heteroatoms. The van der Waals surface area contributed by atoms with E-state index in [0.717, 1.165) is 35.0 Å². The molecule has 3 aromatic rings. The average Bonchev–Trinajstić information content (AvgIpc) is 2.66. The molecule has 1 aliphatic heterocycles. The lowest BCUT2D eigenvalue weighted by atomic mass is 9.91. The Balaban J connectivity index is 1.95. The number of ether oxygens (including phenoxy) is 1. The first-order valence-electron chi connectivity index (χ1n) is 8.62. The quantitative estimate of drug-likeness (QED) is 0.663. The third kappa shape index (κ3) is 3.28. The Morgan fingerprint density at radius 3 is 2.50 bits per heavy atom. The smallest absolute Gasteiger partial charge is 0.121 e. The average molecular weight is 388 g/mol. The van der Waals surface area contributed by atoms with Crippen molar-refractivity contribution in [3.63, 3.8) is 0 Å². The Bertz CT molecular complexity index is 938. The van der Waals surface area contributed by atoms with Gasteiger partial charge in [-0.2, -0.15) is 0 Å². The van der Waals surface area contributed by atoms with E-state index in [1.807, 2.05) is 36.4 Å². The summed E-state index contributed by atoms with van der Waals surface area (Å²) in [4.78, 5) is 2.31. The topological polar surface area (TPSA) is 32.7 Å². The van der Waals surface area contributed by atoms with Gasteiger partial charge in [0, 0.05) is 28.7 Å². The fourth-order valence-corrected chi connectivity index (χ4v) is 4.18. The SMILES string of the molecule is Oc1ccc2ccccc2c1C(c1ccc(Cl)cc1Cl)N1CCOCC1. The largest absolute Gasteiger partial charge is 0.508 e. The van der Waals surface area contributed by atoms with Gasteiger partial charge in [-0.1, -0.05) is 59.6 Å². The summed E-state index contributed by atoms with van der Waals surface area (Å²) >= 11 is 12.7. The molecule has 1 unspecified atom stereocenters. The van der Waals surface area contributed by atoms with E-state index in [1.165, 1.54) is 0 Å². The summed E-state index contributed by atoms with van der Waals surface area (Å²) in [5.41, 5.74) is 1.80. The summed E-state index contributed by atoms with van der Waals surface area (Å²) in [6.45, 7) is 2.86. The van der Waals surface area contributed by atoms with Crippen molar-refractivity contribution in [3.05, 3.63) is 75.8 Å². The Morgan fingerprint density at radius 1 is 0.962 bits per heavy atom. The summed E-state index contributed by atoms with van der Waals surface area (Å²) in [6.07, 6.45) is 0. The number of nitrogens with zero attached hydrogens (tertiary/aromatic N) is 1. The van der Waals surface area contributed by atoms with Crippen molar-refractivity contribution < 1.29 is 9.84 Å². The van der Waals surface area contributed by atoms with E-state index in [2.05, 4.69) is 11.0 Å². The van der Waals surface area contributed by atoms with E-state index in [4.69, 9.17) is 27.9 Å². The Hall–Kier alpha value is -1.78. The molecule has 1 heterocycles. The molecule has 1 saturated heterocycles. The van der Waals surface area contributed by atoms with Gasteiger partial charge in [0.05, 0.1) is 19.3 Å². The van der Waals surface area contributed by atoms with E-state index in [9.17, 15) is 5.11 Å². The standard InChI is InChI=1S/C21H19Cl2NO2/c22-15-6-7-17(18(23)13-15)21(24-9-11-26-12-10-24)20-16-4-2-1-3-14(16)5-8-19(20)25/h1-8,13,21,25H,9-12H2. The number of phenolic OH excluding ortho intramolecular Hbond substituents is 1. The van der Waals surface area contributed by atoms with Crippen molar-refractivity contribution in [2.75, 3.05) is 26.3 Å². The van der Waals surface area contributed by atoms with Gasteiger partial charge in [0.15, 0.2) is 0 Å². The van der Waals surface area contributed by atoms with Crippen LogP contribution in [0.2, 0.25) is 10.0 Å². The van der Waals surface area contributed by atoms with Gasteiger partial charge in [0.2, 0.25) is 0 Å². The maximum absolute atomic E-state index is 10.8. The molecule has 1 atom stereocenters. The molecule has 0 saturated carbocycles. The van der Waals surface area contributed by atoms with Gasteiger partial charge in [-0.05, 0) is 34.5 Å². The van der Waals surface area contributed by atoms with Gasteiger partial charge in [-0.25, -0.2) is 0 Å². The molecule has 0 aromatic heterocycles. The first kappa shape index (κ1) is 17.6. The third-order valence-corrected chi connectivity index (χ3v) is 5.45. The molecule has 3 aromatic carbocycles. The minimum absolute atomic E-state index is 0.172. The maximum atomic E-state index is 10.8. The zero-order chi connectivity index (χ0) is 18.1. The molecule has 26 heavy (non-hydrogen) atoms. The van der Waals surface area contributed by atoms with Gasteiger partial charge in [-0.15, -0.1) is 0 Å². The van der Waals surface area contributed by atoms with E-state index < -0.39 is 0 Å². The fraction of sp³-hybridized carbons (Fsp3) is 0.238. The van der Waals surface area contributed by atoms with Gasteiger partial charge < -0.3 is 9.84 Å². The second kappa shape index (κ2) is 7.45. The summed E-state index contributed by atoms with van der Waals surface area (Å²) in [5, 5.41) is 14.1. The van der Waals surface area contributed by atoms with Crippen LogP contribution in [0.15, 0.2) is 54.6 Å². The molecule has 4 rings (SSSR count). The van der Waals surface area contributed by atoms with Crippen LogP contribution < -0.4 is 0 Å². The van der Waals surface area contributed by atoms with Gasteiger partial charge >= 0.3 is 0 Å². The number of fused-ring (bicyclic) bond motifs is 1. The predicted molar refractivity (Wildman–Crippen MR) is 106 cm³/mol. The van der Waals surface area contributed by atoms with Crippen LogP contribution in [-0.4, -0.2) is 36.3 Å². The summed E-state index contributed by atoms with van der Waals surface area (Å²) in [6, 6.07) is 17.2. The van der Waals surface area contributed by atoms with Gasteiger partial charge in [0.25, 0.3) is 0 Å². The molecule has 0 bridgehead atoms. The molecule has 1 N–H and O–H groups in total. The van der Waals surface area contributed by atoms with Crippen molar-refractivity contribution in [1.82, 2.24) is 4.90 Å². The lowest BCUT2D eigenvalue weighted by Crippen LogP contribution is -2.39. The highest BCUT2D eigenvalue weighted by molar-refractivity contribution is 6.35. The molecule has 0 amide bonds. The number of hydrogen-bond donors (Lipinski definition) is 1. The van der Waals surface area contributed by atoms with Crippen LogP contribution in [-0.2, 0) is 4.74 Å². The van der Waals surface area contributed by atoms with Crippen LogP contribution in [0.25, 0.3) is 10.8 Å². The van der Waals surface area contributed by atoms with Crippen molar-refractivity contribution in [2.24, 2.45) is 0 Å². The van der Waals surface area contributed by atoms with Crippen LogP contribution in [0, 0.1) is 0 Å². The molecule has 1 aliphatic rings. The molecule has 1 fully saturated rings. The predicted octanol–water partition coefficient (Wildman–Crippen LogP) is 5.27. The molecule has 3 nitrogen and oxygen atoms in total. The second-order valence-electron chi connectivity index (χ2n) is 6.44. The fourth-order valence-electron chi connectivity index (χ4n) is 3.67. The zero-order valence-electron chi connectivity index (χ0n) is 14.2. The number of rotatable bonds is 3. The maximum Gasteiger partial charge on any atom is 0.121 e. The van der Waals surface area contributed by atoms with Crippen LogP contribution in [0.5, 0.6) is 5.75 Å². The highest BCUT2D eigenvalue weighted by atomic mass is 35.5. The lowest BCUT2D eigenvalue weighted by Gasteiger charge is -2.36. The van der Waals surface area contributed by atoms with E-state index in [0.29, 0.717) is 23.3 Å². The van der Waals surface area contributed by atoms with Crippen LogP contribution in [0.1, 0.15) is 17.2 Å². The monoisotopic (exact) mass is 387 g/mol. The number of aromatic hydroxyl groups is 1. The number of phenols is 1. The number of benzene rings is 3. The Kier molecular flexibility index (Phi) is 5.05. The molecular weight excluding hydrogens is 369 g/mol. The molecular formula is C21H19Cl2NO2. The van der Waals surface area contributed by atoms with Crippen molar-refractivity contribution >= 4 is 34.0 Å². The summed E-state index contributed by atoms with van der Waals surface area (Å²) < 4.78 is 5.53. The molecule has 0 spiro atoms. The first-order valence-corrected chi connectivity index (χ1v) is 9.38. The number of hydrogen-bond acceptors (Lipinski definition) is 3. The van der Waals surface area contributed by atoms with Crippen LogP contribution >= 0.6 is 23.2 Å². The molecule has 0 radical (unpaired) electrons. The second-order valence-corrected chi connectivity index (χ2v) is 7.28. The third-order valence-electron chi connectivity index (χ3n) is 4.89. The van der Waals surface area contributed by atoms with Gasteiger partial charge in [-0.3, -0.25) is 4.90 Å². The Morgan fingerprint density at radius 2 is 1.73 bits per heavy atom. The number of halogens is 2. The van der Waals surface area contributed by atoms with Gasteiger partial charge in [0.1, 0.15) is 5.75 Å². The lowest BCUT2D eigenvalue weighted by molar-refractivity contribution is 0.0238. The van der Waals surface area contributed by atoms with Crippen molar-refractivity contribution in [1.29, 1.82) is 0 Å². The first-order chi connectivity index (χ1) is 12.6. The normalized spacial score (nSPS) is 16.7. The van der Waals surface area contributed by atoms with Crippen LogP contribution in [0.3, 0.4) is 0 Å². The Labute approximate surface area is 162 Å². The zero-order valence-corrected chi connectivity index (χ0v) is 15.7. The summed E-state index contributed by atoms with van der Waals surface area (Å²) in [5.74, 6) is 0.270. The minimum Gasteiger partial charge on any atom is -0.508 e. The van der Waals surface area contributed by atoms with Crippen LogP contribution in [0.4, 0.5) is 0 Å². The molecule has 0 aliphatic carbocycles. The van der Waals surface area contributed by atoms with E-state index in [-0.39, 0.29) is 11.8 Å². The summed E-state index contributed by atoms with van der Waals surface area (Å²) in [7, 11) is 0. The van der Waals surface area contributed by atoms with E-state index >= 15 is 0 Å². The highest BCUT2D eigenvalue weighted by Gasteiger charge is 2.29. The number of morpholine rings is 1. The van der Waals surface area contributed by atoms with E-state index in [1.54, 1.807) is 12.1 Å². The van der Waals surface area contributed by atoms with Crippen molar-refractivity contribution in [3.8, 4) is 5.75 Å². The molecule has 134 valence electrons. The van der Waals surface area contributed by atoms with Crippen molar-refractivity contribution in [2.45, 2.75) is 6.04 Å².